The number of aromatic amines is 1. The molecule has 0 aliphatic rings. The van der Waals surface area contributed by atoms with Crippen molar-refractivity contribution in [2.75, 3.05) is 5.75 Å². The number of H-pyrrole nitrogens is 1. The summed E-state index contributed by atoms with van der Waals surface area (Å²) >= 11 is 0.937. The van der Waals surface area contributed by atoms with Crippen molar-refractivity contribution in [3.8, 4) is 11.8 Å². The lowest BCUT2D eigenvalue weighted by atomic mass is 10.2. The van der Waals surface area contributed by atoms with Crippen molar-refractivity contribution < 1.29 is 9.90 Å². The molecule has 1 aromatic carbocycles. The largest absolute Gasteiger partial charge is 0.481 e. The van der Waals surface area contributed by atoms with Crippen LogP contribution in [0.25, 0.3) is 5.69 Å². The second kappa shape index (κ2) is 5.41. The molecule has 2 aromatic rings. The molecule has 1 aromatic heterocycles. The van der Waals surface area contributed by atoms with Crippen LogP contribution in [0.3, 0.4) is 0 Å². The molecule has 0 fully saturated rings. The maximum Gasteiger partial charge on any atom is 0.348 e. The number of rotatable bonds is 4. The Bertz CT molecular complexity index is 696. The molecule has 0 aliphatic carbocycles. The average Bonchev–Trinajstić information content (AvgIpc) is 2.78. The number of benzene rings is 1. The lowest BCUT2D eigenvalue weighted by Crippen LogP contribution is -2.15. The van der Waals surface area contributed by atoms with Gasteiger partial charge in [0.2, 0.25) is 0 Å². The zero-order chi connectivity index (χ0) is 13.8. The second-order valence-corrected chi connectivity index (χ2v) is 4.43. The molecular weight excluding hydrogens is 268 g/mol. The molecular formula is C11H8N4O3S. The van der Waals surface area contributed by atoms with Crippen molar-refractivity contribution in [3.63, 3.8) is 0 Å². The van der Waals surface area contributed by atoms with Gasteiger partial charge in [0.05, 0.1) is 23.1 Å². The van der Waals surface area contributed by atoms with Gasteiger partial charge in [-0.3, -0.25) is 4.79 Å². The quantitative estimate of drug-likeness (QED) is 0.791. The highest BCUT2D eigenvalue weighted by Crippen LogP contribution is 2.17. The molecule has 96 valence electrons. The first kappa shape index (κ1) is 12.9. The van der Waals surface area contributed by atoms with Gasteiger partial charge >= 0.3 is 11.7 Å². The maximum absolute atomic E-state index is 11.7. The van der Waals surface area contributed by atoms with E-state index in [1.54, 1.807) is 24.3 Å². The van der Waals surface area contributed by atoms with Gasteiger partial charge in [-0.25, -0.2) is 14.5 Å². The number of carbonyl (C=O) groups is 1. The van der Waals surface area contributed by atoms with E-state index in [1.807, 2.05) is 6.07 Å². The second-order valence-electron chi connectivity index (χ2n) is 3.49. The third kappa shape index (κ3) is 2.83. The molecule has 0 atom stereocenters. The molecule has 0 saturated carbocycles. The first-order chi connectivity index (χ1) is 9.11. The summed E-state index contributed by atoms with van der Waals surface area (Å²) < 4.78 is 1.26. The van der Waals surface area contributed by atoms with Crippen LogP contribution in [-0.4, -0.2) is 31.6 Å². The first-order valence-corrected chi connectivity index (χ1v) is 6.13. The summed E-state index contributed by atoms with van der Waals surface area (Å²) in [7, 11) is 0. The van der Waals surface area contributed by atoms with E-state index in [4.69, 9.17) is 10.4 Å². The molecule has 0 amide bonds. The Kier molecular flexibility index (Phi) is 3.68. The van der Waals surface area contributed by atoms with Gasteiger partial charge in [-0.15, -0.1) is 5.10 Å². The fraction of sp³-hybridized carbons (Fsp3) is 0.0909. The number of aromatic nitrogens is 3. The summed E-state index contributed by atoms with van der Waals surface area (Å²) in [4.78, 5) is 22.2. The van der Waals surface area contributed by atoms with Crippen LogP contribution in [-0.2, 0) is 4.79 Å². The summed E-state index contributed by atoms with van der Waals surface area (Å²) in [5.74, 6) is -1.19. The Morgan fingerprint density at radius 2 is 2.16 bits per heavy atom. The smallest absolute Gasteiger partial charge is 0.348 e. The predicted molar refractivity (Wildman–Crippen MR) is 67.3 cm³/mol. The summed E-state index contributed by atoms with van der Waals surface area (Å²) in [5.41, 5.74) is 0.531. The van der Waals surface area contributed by atoms with Crippen LogP contribution in [0.15, 0.2) is 34.2 Å². The van der Waals surface area contributed by atoms with E-state index in [0.29, 0.717) is 11.3 Å². The molecule has 0 saturated heterocycles. The fourth-order valence-corrected chi connectivity index (χ4v) is 2.10. The Balaban J connectivity index is 2.37. The molecule has 0 radical (unpaired) electrons. The zero-order valence-electron chi connectivity index (χ0n) is 9.53. The Hall–Kier alpha value is -2.53. The highest BCUT2D eigenvalue weighted by Gasteiger charge is 2.12. The van der Waals surface area contributed by atoms with Crippen LogP contribution >= 0.6 is 11.8 Å². The number of hydrogen-bond acceptors (Lipinski definition) is 5. The van der Waals surface area contributed by atoms with Crippen molar-refractivity contribution in [3.05, 3.63) is 40.3 Å². The predicted octanol–water partition coefficient (Wildman–Crippen LogP) is 0.609. The van der Waals surface area contributed by atoms with E-state index in [9.17, 15) is 9.59 Å². The van der Waals surface area contributed by atoms with E-state index >= 15 is 0 Å². The number of carboxylic acid groups (broad SMARTS) is 1. The minimum Gasteiger partial charge on any atom is -0.481 e. The number of nitrogens with zero attached hydrogens (tertiary/aromatic N) is 3. The molecule has 1 heterocycles. The van der Waals surface area contributed by atoms with Gasteiger partial charge in [-0.05, 0) is 24.3 Å². The van der Waals surface area contributed by atoms with E-state index in [2.05, 4.69) is 10.2 Å². The van der Waals surface area contributed by atoms with Crippen molar-refractivity contribution in [1.29, 1.82) is 5.26 Å². The molecule has 0 unspecified atom stereocenters. The van der Waals surface area contributed by atoms with Crippen molar-refractivity contribution in [2.45, 2.75) is 5.16 Å². The standard InChI is InChI=1S/C11H8N4O3S/c12-5-7-1-3-8(4-2-7)15-10(18)13-14-11(15)19-6-9(16)17/h1-4H,6H2,(H,13,18)(H,16,17). The highest BCUT2D eigenvalue weighted by atomic mass is 32.2. The lowest BCUT2D eigenvalue weighted by molar-refractivity contribution is -0.133. The number of carboxylic acids is 1. The molecule has 8 heteroatoms. The monoisotopic (exact) mass is 276 g/mol. The third-order valence-electron chi connectivity index (χ3n) is 2.22. The summed E-state index contributed by atoms with van der Waals surface area (Å²) in [6.45, 7) is 0. The van der Waals surface area contributed by atoms with Crippen LogP contribution in [0.1, 0.15) is 5.56 Å². The van der Waals surface area contributed by atoms with Crippen molar-refractivity contribution in [2.24, 2.45) is 0 Å². The third-order valence-corrected chi connectivity index (χ3v) is 3.14. The molecule has 0 bridgehead atoms. The highest BCUT2D eigenvalue weighted by molar-refractivity contribution is 7.99. The van der Waals surface area contributed by atoms with Gasteiger partial charge in [-0.2, -0.15) is 5.26 Å². The topological polar surface area (TPSA) is 112 Å². The van der Waals surface area contributed by atoms with Gasteiger partial charge in [0.15, 0.2) is 5.16 Å². The van der Waals surface area contributed by atoms with Crippen LogP contribution in [0.4, 0.5) is 0 Å². The fourth-order valence-electron chi connectivity index (χ4n) is 1.42. The molecule has 7 nitrogen and oxygen atoms in total. The van der Waals surface area contributed by atoms with Crippen LogP contribution in [0, 0.1) is 11.3 Å². The summed E-state index contributed by atoms with van der Waals surface area (Å²) in [6.07, 6.45) is 0. The van der Waals surface area contributed by atoms with E-state index in [-0.39, 0.29) is 10.9 Å². The summed E-state index contributed by atoms with van der Waals surface area (Å²) in [5, 5.41) is 23.6. The number of thioether (sulfide) groups is 1. The van der Waals surface area contributed by atoms with Gasteiger partial charge in [-0.1, -0.05) is 11.8 Å². The minimum absolute atomic E-state index is 0.194. The number of aliphatic carboxylic acids is 1. The van der Waals surface area contributed by atoms with Crippen LogP contribution in [0.2, 0.25) is 0 Å². The molecule has 2 rings (SSSR count). The SMILES string of the molecule is N#Cc1ccc(-n2c(SCC(=O)O)n[nH]c2=O)cc1. The van der Waals surface area contributed by atoms with E-state index in [0.717, 1.165) is 11.8 Å². The number of nitriles is 1. The molecule has 2 N–H and O–H groups in total. The van der Waals surface area contributed by atoms with Gasteiger partial charge in [0.25, 0.3) is 0 Å². The maximum atomic E-state index is 11.7. The van der Waals surface area contributed by atoms with Gasteiger partial charge < -0.3 is 5.11 Å². The molecule has 19 heavy (non-hydrogen) atoms. The van der Waals surface area contributed by atoms with Crippen LogP contribution < -0.4 is 5.69 Å². The molecule has 0 spiro atoms. The Morgan fingerprint density at radius 3 is 2.74 bits per heavy atom. The van der Waals surface area contributed by atoms with Crippen LogP contribution in [0.5, 0.6) is 0 Å². The average molecular weight is 276 g/mol. The molecule has 0 aliphatic heterocycles. The van der Waals surface area contributed by atoms with Crippen molar-refractivity contribution in [1.82, 2.24) is 14.8 Å². The lowest BCUT2D eigenvalue weighted by Gasteiger charge is -2.04. The Labute approximate surface area is 111 Å². The Morgan fingerprint density at radius 1 is 1.47 bits per heavy atom. The normalized spacial score (nSPS) is 10.1. The van der Waals surface area contributed by atoms with E-state index in [1.165, 1.54) is 4.57 Å². The van der Waals surface area contributed by atoms with E-state index < -0.39 is 11.7 Å². The minimum atomic E-state index is -0.994. The summed E-state index contributed by atoms with van der Waals surface area (Å²) in [6, 6.07) is 8.31. The van der Waals surface area contributed by atoms with Gasteiger partial charge in [0.1, 0.15) is 0 Å². The van der Waals surface area contributed by atoms with Crippen molar-refractivity contribution >= 4 is 17.7 Å². The zero-order valence-corrected chi connectivity index (χ0v) is 10.3. The van der Waals surface area contributed by atoms with Gasteiger partial charge in [0, 0.05) is 0 Å². The number of nitrogens with one attached hydrogen (secondary N) is 1. The number of hydrogen-bond donors (Lipinski definition) is 2. The first-order valence-electron chi connectivity index (χ1n) is 5.14.